The van der Waals surface area contributed by atoms with Gasteiger partial charge >= 0.3 is 0 Å². The van der Waals surface area contributed by atoms with E-state index >= 15 is 0 Å². The predicted molar refractivity (Wildman–Crippen MR) is 94.0 cm³/mol. The van der Waals surface area contributed by atoms with Crippen LogP contribution in [-0.2, 0) is 4.79 Å². The molecule has 1 aliphatic heterocycles. The average Bonchev–Trinajstić information content (AvgIpc) is 2.81. The number of benzene rings is 1. The quantitative estimate of drug-likeness (QED) is 0.875. The summed E-state index contributed by atoms with van der Waals surface area (Å²) in [5.41, 5.74) is 0.746. The zero-order valence-corrected chi connectivity index (χ0v) is 14.5. The third-order valence-corrected chi connectivity index (χ3v) is 4.44. The normalized spacial score (nSPS) is 18.2. The number of hydrogen-bond acceptors (Lipinski definition) is 4. The van der Waals surface area contributed by atoms with Crippen molar-refractivity contribution in [1.82, 2.24) is 9.80 Å². The minimum Gasteiger partial charge on any atom is -0.492 e. The van der Waals surface area contributed by atoms with Gasteiger partial charge < -0.3 is 15.0 Å². The number of likely N-dealkylation sites (N-methyl/N-ethyl adjacent to an activating group) is 1. The Kier molecular flexibility index (Phi) is 6.86. The Hall–Kier alpha value is -1.59. The largest absolute Gasteiger partial charge is 0.492 e. The van der Waals surface area contributed by atoms with Crippen molar-refractivity contribution in [1.29, 1.82) is 0 Å². The van der Waals surface area contributed by atoms with E-state index in [1.165, 1.54) is 0 Å². The molecule has 5 nitrogen and oxygen atoms in total. The van der Waals surface area contributed by atoms with Crippen LogP contribution in [0, 0.1) is 0 Å². The van der Waals surface area contributed by atoms with Gasteiger partial charge in [0, 0.05) is 19.6 Å². The van der Waals surface area contributed by atoms with Gasteiger partial charge in [-0.15, -0.1) is 0 Å². The number of nitrogens with zero attached hydrogens (tertiary/aromatic N) is 2. The standard InChI is InChI=1S/C18H29N3O2/c1-4-20-11-8-12-21(14-13-20)15(3)18(22)19-16-9-6-7-10-17(16)23-5-2/h6-7,9-10,15H,4-5,8,11-14H2,1-3H3,(H,19,22)/t15-/m1/s1. The predicted octanol–water partition coefficient (Wildman–Crippen LogP) is 2.44. The molecule has 1 saturated heterocycles. The molecule has 128 valence electrons. The van der Waals surface area contributed by atoms with Crippen LogP contribution in [-0.4, -0.2) is 61.1 Å². The van der Waals surface area contributed by atoms with Crippen molar-refractivity contribution >= 4 is 11.6 Å². The highest BCUT2D eigenvalue weighted by atomic mass is 16.5. The molecule has 1 aromatic carbocycles. The van der Waals surface area contributed by atoms with Gasteiger partial charge in [-0.1, -0.05) is 19.1 Å². The van der Waals surface area contributed by atoms with Gasteiger partial charge in [-0.3, -0.25) is 9.69 Å². The molecule has 1 heterocycles. The summed E-state index contributed by atoms with van der Waals surface area (Å²) in [5, 5.41) is 3.02. The van der Waals surface area contributed by atoms with Gasteiger partial charge in [-0.25, -0.2) is 0 Å². The van der Waals surface area contributed by atoms with Crippen molar-refractivity contribution < 1.29 is 9.53 Å². The van der Waals surface area contributed by atoms with Gasteiger partial charge in [-0.2, -0.15) is 0 Å². The molecule has 0 bridgehead atoms. The molecular weight excluding hydrogens is 290 g/mol. The highest BCUT2D eigenvalue weighted by molar-refractivity contribution is 5.95. The first-order chi connectivity index (χ1) is 11.2. The molecule has 0 unspecified atom stereocenters. The van der Waals surface area contributed by atoms with Crippen LogP contribution in [0.15, 0.2) is 24.3 Å². The zero-order valence-electron chi connectivity index (χ0n) is 14.5. The summed E-state index contributed by atoms with van der Waals surface area (Å²) in [7, 11) is 0. The monoisotopic (exact) mass is 319 g/mol. The van der Waals surface area contributed by atoms with E-state index < -0.39 is 0 Å². The van der Waals surface area contributed by atoms with Crippen LogP contribution in [0.4, 0.5) is 5.69 Å². The lowest BCUT2D eigenvalue weighted by Crippen LogP contribution is -2.43. The fourth-order valence-electron chi connectivity index (χ4n) is 2.95. The Labute approximate surface area is 139 Å². The number of nitrogens with one attached hydrogen (secondary N) is 1. The van der Waals surface area contributed by atoms with Gasteiger partial charge in [0.05, 0.1) is 18.3 Å². The highest BCUT2D eigenvalue weighted by Gasteiger charge is 2.24. The van der Waals surface area contributed by atoms with Gasteiger partial charge in [0.15, 0.2) is 0 Å². The second-order valence-corrected chi connectivity index (χ2v) is 5.92. The summed E-state index contributed by atoms with van der Waals surface area (Å²) in [4.78, 5) is 17.3. The molecule has 5 heteroatoms. The van der Waals surface area contributed by atoms with Crippen molar-refractivity contribution in [2.75, 3.05) is 44.6 Å². The fourth-order valence-corrected chi connectivity index (χ4v) is 2.95. The molecular formula is C18H29N3O2. The van der Waals surface area contributed by atoms with Gasteiger partial charge in [0.25, 0.3) is 0 Å². The second-order valence-electron chi connectivity index (χ2n) is 5.92. The van der Waals surface area contributed by atoms with E-state index in [1.807, 2.05) is 38.1 Å². The van der Waals surface area contributed by atoms with E-state index in [1.54, 1.807) is 0 Å². The lowest BCUT2D eigenvalue weighted by molar-refractivity contribution is -0.120. The van der Waals surface area contributed by atoms with Gasteiger partial charge in [0.2, 0.25) is 5.91 Å². The molecule has 1 fully saturated rings. The van der Waals surface area contributed by atoms with Crippen LogP contribution in [0.5, 0.6) is 5.75 Å². The molecule has 1 aliphatic rings. The summed E-state index contributed by atoms with van der Waals surface area (Å²) >= 11 is 0. The average molecular weight is 319 g/mol. The Morgan fingerprint density at radius 3 is 2.74 bits per heavy atom. The first-order valence-corrected chi connectivity index (χ1v) is 8.64. The number of ether oxygens (including phenoxy) is 1. The number of para-hydroxylation sites is 2. The Bertz CT molecular complexity index is 507. The van der Waals surface area contributed by atoms with Crippen molar-refractivity contribution in [3.63, 3.8) is 0 Å². The van der Waals surface area contributed by atoms with E-state index in [2.05, 4.69) is 22.0 Å². The van der Waals surface area contributed by atoms with Crippen LogP contribution >= 0.6 is 0 Å². The molecule has 1 N–H and O–H groups in total. The van der Waals surface area contributed by atoms with Crippen LogP contribution in [0.1, 0.15) is 27.2 Å². The summed E-state index contributed by atoms with van der Waals surface area (Å²) in [6.07, 6.45) is 1.11. The maximum absolute atomic E-state index is 12.6. The SMILES string of the molecule is CCOc1ccccc1NC(=O)[C@@H](C)N1CCCN(CC)CC1. The molecule has 1 atom stereocenters. The molecule has 1 amide bonds. The van der Waals surface area contributed by atoms with Crippen molar-refractivity contribution in [3.8, 4) is 5.75 Å². The number of hydrogen-bond donors (Lipinski definition) is 1. The molecule has 1 aromatic rings. The Morgan fingerprint density at radius 1 is 1.22 bits per heavy atom. The van der Waals surface area contributed by atoms with Gasteiger partial charge in [0.1, 0.15) is 5.75 Å². The summed E-state index contributed by atoms with van der Waals surface area (Å²) in [6.45, 7) is 11.8. The lowest BCUT2D eigenvalue weighted by atomic mass is 10.2. The van der Waals surface area contributed by atoms with Crippen molar-refractivity contribution in [2.24, 2.45) is 0 Å². The summed E-state index contributed by atoms with van der Waals surface area (Å²) < 4.78 is 5.58. The molecule has 0 spiro atoms. The van der Waals surface area contributed by atoms with E-state index in [0.29, 0.717) is 6.61 Å². The first kappa shape index (κ1) is 17.8. The van der Waals surface area contributed by atoms with E-state index in [0.717, 1.165) is 50.6 Å². The maximum atomic E-state index is 12.6. The van der Waals surface area contributed by atoms with Crippen molar-refractivity contribution in [3.05, 3.63) is 24.3 Å². The minimum absolute atomic E-state index is 0.0297. The Morgan fingerprint density at radius 2 is 2.00 bits per heavy atom. The molecule has 0 aromatic heterocycles. The second kappa shape index (κ2) is 8.89. The van der Waals surface area contributed by atoms with Crippen LogP contribution in [0.25, 0.3) is 0 Å². The molecule has 0 saturated carbocycles. The van der Waals surface area contributed by atoms with E-state index in [-0.39, 0.29) is 11.9 Å². The van der Waals surface area contributed by atoms with E-state index in [9.17, 15) is 4.79 Å². The summed E-state index contributed by atoms with van der Waals surface area (Å²) in [6, 6.07) is 7.46. The smallest absolute Gasteiger partial charge is 0.241 e. The highest BCUT2D eigenvalue weighted by Crippen LogP contribution is 2.24. The first-order valence-electron chi connectivity index (χ1n) is 8.64. The lowest BCUT2D eigenvalue weighted by Gasteiger charge is -2.27. The number of carbonyl (C=O) groups excluding carboxylic acids is 1. The molecule has 23 heavy (non-hydrogen) atoms. The Balaban J connectivity index is 1.97. The topological polar surface area (TPSA) is 44.8 Å². The minimum atomic E-state index is -0.138. The van der Waals surface area contributed by atoms with E-state index in [4.69, 9.17) is 4.74 Å². The molecule has 2 rings (SSSR count). The van der Waals surface area contributed by atoms with Crippen LogP contribution in [0.2, 0.25) is 0 Å². The van der Waals surface area contributed by atoms with Crippen LogP contribution < -0.4 is 10.1 Å². The third-order valence-electron chi connectivity index (χ3n) is 4.44. The third kappa shape index (κ3) is 4.94. The fraction of sp³-hybridized carbons (Fsp3) is 0.611. The number of anilines is 1. The number of rotatable bonds is 6. The number of amides is 1. The molecule has 0 aliphatic carbocycles. The maximum Gasteiger partial charge on any atom is 0.241 e. The van der Waals surface area contributed by atoms with Crippen LogP contribution in [0.3, 0.4) is 0 Å². The number of carbonyl (C=O) groups is 1. The summed E-state index contributed by atoms with van der Waals surface area (Å²) in [5.74, 6) is 0.755. The zero-order chi connectivity index (χ0) is 16.7. The van der Waals surface area contributed by atoms with Gasteiger partial charge in [-0.05, 0) is 45.5 Å². The van der Waals surface area contributed by atoms with Crippen molar-refractivity contribution in [2.45, 2.75) is 33.2 Å². The molecule has 0 radical (unpaired) electrons.